The zero-order chi connectivity index (χ0) is 13.7. The molecule has 0 amide bonds. The Bertz CT molecular complexity index is 484. The SMILES string of the molecule is COC(=O)CSc1cc(NC(=S)S)c(F)cc1Cl. The van der Waals surface area contributed by atoms with Gasteiger partial charge in [0, 0.05) is 4.90 Å². The summed E-state index contributed by atoms with van der Waals surface area (Å²) in [6, 6.07) is 2.61. The van der Waals surface area contributed by atoms with E-state index in [-0.39, 0.29) is 26.8 Å². The number of hydrogen-bond donors (Lipinski definition) is 2. The zero-order valence-corrected chi connectivity index (χ0v) is 12.5. The number of thioether (sulfide) groups is 1. The molecule has 0 fully saturated rings. The average molecular weight is 326 g/mol. The standard InChI is InChI=1S/C10H9ClFNO2S3/c1-15-9(14)4-18-8-3-7(13-10(16)17)6(12)2-5(8)11/h2-3H,4H2,1H3,(H2,13,16,17). The van der Waals surface area contributed by atoms with E-state index in [0.29, 0.717) is 4.90 Å². The van der Waals surface area contributed by atoms with Gasteiger partial charge in [-0.05, 0) is 12.1 Å². The number of thiocarbonyl (C=S) groups is 1. The molecule has 1 aromatic rings. The summed E-state index contributed by atoms with van der Waals surface area (Å²) in [6.07, 6.45) is 0. The molecule has 0 aliphatic heterocycles. The van der Waals surface area contributed by atoms with Crippen molar-refractivity contribution in [2.75, 3.05) is 18.2 Å². The summed E-state index contributed by atoms with van der Waals surface area (Å²) in [5.41, 5.74) is 0.159. The third-order valence-electron chi connectivity index (χ3n) is 1.84. The van der Waals surface area contributed by atoms with Gasteiger partial charge in [-0.1, -0.05) is 23.8 Å². The molecule has 3 nitrogen and oxygen atoms in total. The average Bonchev–Trinajstić information content (AvgIpc) is 2.30. The highest BCUT2D eigenvalue weighted by molar-refractivity contribution is 8.11. The molecule has 0 aromatic heterocycles. The lowest BCUT2D eigenvalue weighted by molar-refractivity contribution is -0.137. The summed E-state index contributed by atoms with van der Waals surface area (Å²) in [5, 5.41) is 2.79. The van der Waals surface area contributed by atoms with Crippen molar-refractivity contribution in [3.05, 3.63) is 23.0 Å². The molecule has 18 heavy (non-hydrogen) atoms. The fraction of sp³-hybridized carbons (Fsp3) is 0.200. The highest BCUT2D eigenvalue weighted by Gasteiger charge is 2.11. The van der Waals surface area contributed by atoms with Gasteiger partial charge in [-0.2, -0.15) is 0 Å². The summed E-state index contributed by atoms with van der Waals surface area (Å²) in [6.45, 7) is 0. The van der Waals surface area contributed by atoms with E-state index in [2.05, 4.69) is 22.7 Å². The third-order valence-corrected chi connectivity index (χ3v) is 3.50. The maximum Gasteiger partial charge on any atom is 0.315 e. The minimum Gasteiger partial charge on any atom is -0.468 e. The molecule has 0 bridgehead atoms. The molecule has 1 rings (SSSR count). The lowest BCUT2D eigenvalue weighted by Crippen LogP contribution is -2.05. The molecular weight excluding hydrogens is 317 g/mol. The zero-order valence-electron chi connectivity index (χ0n) is 9.20. The number of benzene rings is 1. The number of thiol groups is 1. The molecule has 0 unspecified atom stereocenters. The molecule has 0 heterocycles. The molecule has 0 aliphatic rings. The first kappa shape index (κ1) is 15.6. The number of nitrogens with one attached hydrogen (secondary N) is 1. The molecule has 0 atom stereocenters. The molecule has 8 heteroatoms. The van der Waals surface area contributed by atoms with Gasteiger partial charge in [-0.15, -0.1) is 24.4 Å². The van der Waals surface area contributed by atoms with Crippen LogP contribution in [0.5, 0.6) is 0 Å². The maximum atomic E-state index is 13.5. The first-order valence-corrected chi connectivity index (χ1v) is 6.84. The molecule has 1 aromatic carbocycles. The maximum absolute atomic E-state index is 13.5. The minimum absolute atomic E-state index is 0.0899. The van der Waals surface area contributed by atoms with E-state index < -0.39 is 5.82 Å². The van der Waals surface area contributed by atoms with E-state index in [9.17, 15) is 9.18 Å². The second kappa shape index (κ2) is 7.18. The predicted octanol–water partition coefficient (Wildman–Crippen LogP) is 3.37. The molecule has 0 saturated heterocycles. The van der Waals surface area contributed by atoms with Crippen LogP contribution in [-0.4, -0.2) is 23.2 Å². The fourth-order valence-electron chi connectivity index (χ4n) is 1.05. The van der Waals surface area contributed by atoms with Crippen LogP contribution in [-0.2, 0) is 9.53 Å². The van der Waals surface area contributed by atoms with Crippen LogP contribution < -0.4 is 5.32 Å². The topological polar surface area (TPSA) is 38.3 Å². The Kier molecular flexibility index (Phi) is 6.20. The Balaban J connectivity index is 2.90. The number of rotatable bonds is 4. The van der Waals surface area contributed by atoms with Gasteiger partial charge in [0.1, 0.15) is 10.1 Å². The highest BCUT2D eigenvalue weighted by atomic mass is 35.5. The molecule has 98 valence electrons. The van der Waals surface area contributed by atoms with Crippen LogP contribution in [0.15, 0.2) is 17.0 Å². The molecule has 0 aliphatic carbocycles. The number of carbonyl (C=O) groups is 1. The first-order chi connectivity index (χ1) is 8.43. The number of methoxy groups -OCH3 is 1. The monoisotopic (exact) mass is 325 g/mol. The Morgan fingerprint density at radius 3 is 2.89 bits per heavy atom. The van der Waals surface area contributed by atoms with Crippen molar-refractivity contribution in [1.82, 2.24) is 0 Å². The summed E-state index contributed by atoms with van der Waals surface area (Å²) in [7, 11) is 1.29. The lowest BCUT2D eigenvalue weighted by Gasteiger charge is -2.09. The second-order valence-electron chi connectivity index (χ2n) is 3.06. The number of esters is 1. The van der Waals surface area contributed by atoms with Crippen molar-refractivity contribution in [1.29, 1.82) is 0 Å². The van der Waals surface area contributed by atoms with Crippen LogP contribution in [0, 0.1) is 5.82 Å². The minimum atomic E-state index is -0.543. The Hall–Kier alpha value is -0.500. The largest absolute Gasteiger partial charge is 0.468 e. The van der Waals surface area contributed by atoms with Gasteiger partial charge in [0.05, 0.1) is 23.6 Å². The number of halogens is 2. The van der Waals surface area contributed by atoms with Crippen molar-refractivity contribution in [2.24, 2.45) is 0 Å². The quantitative estimate of drug-likeness (QED) is 0.384. The molecule has 0 spiro atoms. The van der Waals surface area contributed by atoms with Crippen molar-refractivity contribution >= 4 is 64.2 Å². The summed E-state index contributed by atoms with van der Waals surface area (Å²) >= 11 is 15.6. The number of anilines is 1. The first-order valence-electron chi connectivity index (χ1n) is 4.62. The lowest BCUT2D eigenvalue weighted by atomic mass is 10.3. The van der Waals surface area contributed by atoms with Gasteiger partial charge in [-0.3, -0.25) is 4.79 Å². The van der Waals surface area contributed by atoms with E-state index in [4.69, 9.17) is 23.8 Å². The van der Waals surface area contributed by atoms with Gasteiger partial charge in [0.25, 0.3) is 0 Å². The van der Waals surface area contributed by atoms with Gasteiger partial charge in [0.2, 0.25) is 0 Å². The summed E-state index contributed by atoms with van der Waals surface area (Å²) in [5.74, 6) is -0.842. The van der Waals surface area contributed by atoms with Crippen LogP contribution in [0.1, 0.15) is 0 Å². The van der Waals surface area contributed by atoms with Crippen LogP contribution >= 0.6 is 48.2 Å². The van der Waals surface area contributed by atoms with Crippen LogP contribution in [0.4, 0.5) is 10.1 Å². The van der Waals surface area contributed by atoms with Gasteiger partial charge in [-0.25, -0.2) is 4.39 Å². The smallest absolute Gasteiger partial charge is 0.315 e. The van der Waals surface area contributed by atoms with E-state index in [1.54, 1.807) is 0 Å². The van der Waals surface area contributed by atoms with E-state index >= 15 is 0 Å². The molecule has 1 N–H and O–H groups in total. The molecule has 0 radical (unpaired) electrons. The number of carbonyl (C=O) groups excluding carboxylic acids is 1. The van der Waals surface area contributed by atoms with Crippen molar-refractivity contribution in [2.45, 2.75) is 4.90 Å². The van der Waals surface area contributed by atoms with Crippen LogP contribution in [0.3, 0.4) is 0 Å². The second-order valence-corrected chi connectivity index (χ2v) is 5.64. The summed E-state index contributed by atoms with van der Waals surface area (Å²) in [4.78, 5) is 11.6. The van der Waals surface area contributed by atoms with E-state index in [0.717, 1.165) is 17.8 Å². The normalized spacial score (nSPS) is 10.0. The van der Waals surface area contributed by atoms with Crippen LogP contribution in [0.25, 0.3) is 0 Å². The summed E-state index contributed by atoms with van der Waals surface area (Å²) < 4.78 is 18.2. The van der Waals surface area contributed by atoms with E-state index in [1.165, 1.54) is 13.2 Å². The number of hydrogen-bond acceptors (Lipinski definition) is 4. The van der Waals surface area contributed by atoms with Crippen molar-refractivity contribution in [3.63, 3.8) is 0 Å². The van der Waals surface area contributed by atoms with Crippen molar-refractivity contribution in [3.8, 4) is 0 Å². The van der Waals surface area contributed by atoms with Gasteiger partial charge in [0.15, 0.2) is 0 Å². The van der Waals surface area contributed by atoms with Gasteiger partial charge >= 0.3 is 5.97 Å². The van der Waals surface area contributed by atoms with Crippen LogP contribution in [0.2, 0.25) is 5.02 Å². The molecule has 0 saturated carbocycles. The Labute approximate surface area is 124 Å². The fourth-order valence-corrected chi connectivity index (χ4v) is 2.38. The van der Waals surface area contributed by atoms with Gasteiger partial charge < -0.3 is 10.1 Å². The highest BCUT2D eigenvalue weighted by Crippen LogP contribution is 2.32. The Morgan fingerprint density at radius 1 is 1.67 bits per heavy atom. The third kappa shape index (κ3) is 4.64. The Morgan fingerprint density at radius 2 is 2.33 bits per heavy atom. The predicted molar refractivity (Wildman–Crippen MR) is 79.4 cm³/mol. The number of ether oxygens (including phenoxy) is 1. The molecular formula is C10H9ClFNO2S3. The van der Waals surface area contributed by atoms with E-state index in [1.807, 2.05) is 0 Å². The van der Waals surface area contributed by atoms with Crippen molar-refractivity contribution < 1.29 is 13.9 Å².